The minimum Gasteiger partial charge on any atom is -0.309 e. The van der Waals surface area contributed by atoms with Crippen molar-refractivity contribution >= 4 is 17.0 Å². The molecule has 2 rings (SSSR count). The van der Waals surface area contributed by atoms with Gasteiger partial charge < -0.3 is 4.90 Å². The first kappa shape index (κ1) is 15.3. The van der Waals surface area contributed by atoms with Crippen molar-refractivity contribution in [2.75, 3.05) is 20.6 Å². The van der Waals surface area contributed by atoms with Crippen molar-refractivity contribution in [3.05, 3.63) is 40.2 Å². The fraction of sp³-hybridized carbons (Fsp3) is 0.467. The molecular formula is C15H19N3O3. The molecule has 112 valence electrons. The SMILES string of the molecule is C[C@H]1CC(c2ccncc2[N+](=O)[O-])=CC(=O)[C@@H]1CN(C)C. The maximum atomic E-state index is 12.3. The highest BCUT2D eigenvalue weighted by Crippen LogP contribution is 2.36. The van der Waals surface area contributed by atoms with Crippen LogP contribution in [0.3, 0.4) is 0 Å². The minimum atomic E-state index is -0.454. The lowest BCUT2D eigenvalue weighted by atomic mass is 9.78. The number of nitrogens with zero attached hydrogens (tertiary/aromatic N) is 3. The first-order valence-corrected chi connectivity index (χ1v) is 6.88. The number of allylic oxidation sites excluding steroid dienone is 2. The number of carbonyl (C=O) groups is 1. The topological polar surface area (TPSA) is 76.3 Å². The van der Waals surface area contributed by atoms with Gasteiger partial charge in [0.15, 0.2) is 5.78 Å². The summed E-state index contributed by atoms with van der Waals surface area (Å²) in [5.74, 6) is 0.154. The molecule has 1 aromatic heterocycles. The quantitative estimate of drug-likeness (QED) is 0.627. The summed E-state index contributed by atoms with van der Waals surface area (Å²) in [6.07, 6.45) is 4.98. The van der Waals surface area contributed by atoms with E-state index in [2.05, 4.69) is 4.98 Å². The number of nitro groups is 1. The Balaban J connectivity index is 2.35. The minimum absolute atomic E-state index is 0.0450. The van der Waals surface area contributed by atoms with Crippen LogP contribution >= 0.6 is 0 Å². The predicted molar refractivity (Wildman–Crippen MR) is 79.7 cm³/mol. The second-order valence-electron chi connectivity index (χ2n) is 5.77. The molecule has 0 unspecified atom stereocenters. The van der Waals surface area contributed by atoms with Crippen LogP contribution < -0.4 is 0 Å². The number of ketones is 1. The molecule has 1 aliphatic carbocycles. The fourth-order valence-corrected chi connectivity index (χ4v) is 2.76. The highest BCUT2D eigenvalue weighted by atomic mass is 16.6. The lowest BCUT2D eigenvalue weighted by molar-refractivity contribution is -0.385. The summed E-state index contributed by atoms with van der Waals surface area (Å²) in [6, 6.07) is 1.61. The smallest absolute Gasteiger partial charge is 0.294 e. The highest BCUT2D eigenvalue weighted by molar-refractivity contribution is 6.01. The molecule has 0 N–H and O–H groups in total. The first-order valence-electron chi connectivity index (χ1n) is 6.88. The number of hydrogen-bond acceptors (Lipinski definition) is 5. The van der Waals surface area contributed by atoms with Gasteiger partial charge in [0.25, 0.3) is 5.69 Å². The Hall–Kier alpha value is -2.08. The normalized spacial score (nSPS) is 22.3. The van der Waals surface area contributed by atoms with Crippen LogP contribution in [0.2, 0.25) is 0 Å². The van der Waals surface area contributed by atoms with Crippen molar-refractivity contribution in [2.45, 2.75) is 13.3 Å². The zero-order valence-electron chi connectivity index (χ0n) is 12.4. The summed E-state index contributed by atoms with van der Waals surface area (Å²) in [5, 5.41) is 11.1. The Labute approximate surface area is 123 Å². The summed E-state index contributed by atoms with van der Waals surface area (Å²) in [5.41, 5.74) is 1.19. The number of rotatable bonds is 4. The molecular weight excluding hydrogens is 270 g/mol. The molecule has 0 amide bonds. The number of pyridine rings is 1. The zero-order valence-corrected chi connectivity index (χ0v) is 12.4. The largest absolute Gasteiger partial charge is 0.309 e. The second kappa shape index (κ2) is 6.13. The first-order chi connectivity index (χ1) is 9.90. The van der Waals surface area contributed by atoms with Crippen LogP contribution in [0.1, 0.15) is 18.9 Å². The molecule has 0 saturated carbocycles. The van der Waals surface area contributed by atoms with Gasteiger partial charge in [0.2, 0.25) is 0 Å². The van der Waals surface area contributed by atoms with Gasteiger partial charge in [-0.25, -0.2) is 0 Å². The van der Waals surface area contributed by atoms with E-state index in [1.54, 1.807) is 12.1 Å². The number of aromatic nitrogens is 1. The maximum Gasteiger partial charge on any atom is 0.294 e. The average molecular weight is 289 g/mol. The Morgan fingerprint density at radius 2 is 2.19 bits per heavy atom. The Morgan fingerprint density at radius 3 is 2.76 bits per heavy atom. The van der Waals surface area contributed by atoms with E-state index in [-0.39, 0.29) is 23.3 Å². The molecule has 21 heavy (non-hydrogen) atoms. The van der Waals surface area contributed by atoms with Gasteiger partial charge in [0.05, 0.1) is 10.5 Å². The summed E-state index contributed by atoms with van der Waals surface area (Å²) >= 11 is 0. The zero-order chi connectivity index (χ0) is 15.6. The predicted octanol–water partition coefficient (Wildman–Crippen LogP) is 2.16. The highest BCUT2D eigenvalue weighted by Gasteiger charge is 2.31. The van der Waals surface area contributed by atoms with Gasteiger partial charge in [-0.15, -0.1) is 0 Å². The Morgan fingerprint density at radius 1 is 1.48 bits per heavy atom. The van der Waals surface area contributed by atoms with Crippen molar-refractivity contribution in [1.29, 1.82) is 0 Å². The summed E-state index contributed by atoms with van der Waals surface area (Å²) in [4.78, 5) is 28.7. The van der Waals surface area contributed by atoms with Gasteiger partial charge >= 0.3 is 0 Å². The van der Waals surface area contributed by atoms with Crippen LogP contribution in [0.4, 0.5) is 5.69 Å². The van der Waals surface area contributed by atoms with E-state index >= 15 is 0 Å². The molecule has 0 radical (unpaired) electrons. The van der Waals surface area contributed by atoms with E-state index in [1.165, 1.54) is 12.4 Å². The van der Waals surface area contributed by atoms with Crippen LogP contribution in [0.15, 0.2) is 24.5 Å². The van der Waals surface area contributed by atoms with Gasteiger partial charge in [-0.2, -0.15) is 0 Å². The Bertz CT molecular complexity index is 596. The standard InChI is InChI=1S/C15H19N3O3/c1-10-6-11(7-15(19)13(10)9-17(2)3)12-4-5-16-8-14(12)18(20)21/h4-5,7-8,10,13H,6,9H2,1-3H3/t10-,13+/m0/s1. The van der Waals surface area contributed by atoms with E-state index in [9.17, 15) is 14.9 Å². The molecule has 0 aromatic carbocycles. The molecule has 0 spiro atoms. The fourth-order valence-electron chi connectivity index (χ4n) is 2.76. The third-order valence-electron chi connectivity index (χ3n) is 3.82. The third kappa shape index (κ3) is 3.33. The van der Waals surface area contributed by atoms with Gasteiger partial charge in [0.1, 0.15) is 6.20 Å². The van der Waals surface area contributed by atoms with Crippen LogP contribution in [-0.4, -0.2) is 41.2 Å². The van der Waals surface area contributed by atoms with Crippen molar-refractivity contribution in [3.63, 3.8) is 0 Å². The molecule has 6 nitrogen and oxygen atoms in total. The summed E-state index contributed by atoms with van der Waals surface area (Å²) in [6.45, 7) is 2.72. The van der Waals surface area contributed by atoms with Crippen LogP contribution in [0.5, 0.6) is 0 Å². The lowest BCUT2D eigenvalue weighted by Crippen LogP contribution is -2.34. The maximum absolute atomic E-state index is 12.3. The molecule has 0 bridgehead atoms. The van der Waals surface area contributed by atoms with E-state index < -0.39 is 4.92 Å². The van der Waals surface area contributed by atoms with E-state index in [4.69, 9.17) is 0 Å². The molecule has 0 aliphatic heterocycles. The van der Waals surface area contributed by atoms with Crippen molar-refractivity contribution < 1.29 is 9.72 Å². The van der Waals surface area contributed by atoms with Gasteiger partial charge in [-0.1, -0.05) is 6.92 Å². The third-order valence-corrected chi connectivity index (χ3v) is 3.82. The summed E-state index contributed by atoms with van der Waals surface area (Å²) < 4.78 is 0. The molecule has 6 heteroatoms. The Kier molecular flexibility index (Phi) is 4.47. The monoisotopic (exact) mass is 289 g/mol. The van der Waals surface area contributed by atoms with Crippen LogP contribution in [0.25, 0.3) is 5.57 Å². The van der Waals surface area contributed by atoms with E-state index in [0.29, 0.717) is 18.5 Å². The lowest BCUT2D eigenvalue weighted by Gasteiger charge is -2.29. The van der Waals surface area contributed by atoms with Crippen molar-refractivity contribution in [3.8, 4) is 0 Å². The van der Waals surface area contributed by atoms with E-state index in [1.807, 2.05) is 25.9 Å². The van der Waals surface area contributed by atoms with Gasteiger partial charge in [0, 0.05) is 18.7 Å². The molecule has 0 saturated heterocycles. The molecule has 1 aliphatic rings. The van der Waals surface area contributed by atoms with Gasteiger partial charge in [-0.3, -0.25) is 19.9 Å². The second-order valence-corrected chi connectivity index (χ2v) is 5.77. The summed E-state index contributed by atoms with van der Waals surface area (Å²) in [7, 11) is 3.87. The van der Waals surface area contributed by atoms with Crippen molar-refractivity contribution in [1.82, 2.24) is 9.88 Å². The number of carbonyl (C=O) groups excluding carboxylic acids is 1. The van der Waals surface area contributed by atoms with Crippen LogP contribution in [-0.2, 0) is 4.79 Å². The molecule has 2 atom stereocenters. The number of hydrogen-bond donors (Lipinski definition) is 0. The van der Waals surface area contributed by atoms with Gasteiger partial charge in [-0.05, 0) is 44.1 Å². The molecule has 1 aromatic rings. The van der Waals surface area contributed by atoms with E-state index in [0.717, 1.165) is 5.57 Å². The average Bonchev–Trinajstić information content (AvgIpc) is 2.42. The molecule has 1 heterocycles. The van der Waals surface area contributed by atoms with Crippen molar-refractivity contribution in [2.24, 2.45) is 11.8 Å². The molecule has 0 fully saturated rings. The van der Waals surface area contributed by atoms with Crippen LogP contribution in [0, 0.1) is 22.0 Å².